The fourth-order valence-electron chi connectivity index (χ4n) is 5.80. The lowest BCUT2D eigenvalue weighted by molar-refractivity contribution is -0.0122. The lowest BCUT2D eigenvalue weighted by atomic mass is 9.72. The minimum Gasteiger partial charge on any atom is -0.506 e. The van der Waals surface area contributed by atoms with Crippen molar-refractivity contribution in [2.45, 2.75) is 36.9 Å². The van der Waals surface area contributed by atoms with Gasteiger partial charge in [0.05, 0.1) is 17.2 Å². The molecule has 5 nitrogen and oxygen atoms in total. The predicted octanol–water partition coefficient (Wildman–Crippen LogP) is 5.22. The van der Waals surface area contributed by atoms with E-state index in [4.69, 9.17) is 16.3 Å². The van der Waals surface area contributed by atoms with E-state index in [2.05, 4.69) is 22.3 Å². The molecule has 0 aromatic heterocycles. The number of ether oxygens (including phenoxy) is 1. The van der Waals surface area contributed by atoms with Gasteiger partial charge >= 0.3 is 0 Å². The SMILES string of the molecule is CO[C@@H]1[C@@H](NC(=O)c2cccc(F)c2)c2ccccc2C12CCN(Cc1ccc(O)c(Cl)c1)CC2. The average molecular weight is 495 g/mol. The van der Waals surface area contributed by atoms with Gasteiger partial charge in [0, 0.05) is 24.6 Å². The molecule has 1 aliphatic carbocycles. The summed E-state index contributed by atoms with van der Waals surface area (Å²) in [6.07, 6.45) is 1.52. The summed E-state index contributed by atoms with van der Waals surface area (Å²) in [5, 5.41) is 13.2. The fourth-order valence-corrected chi connectivity index (χ4v) is 6.00. The van der Waals surface area contributed by atoms with Crippen molar-refractivity contribution in [1.29, 1.82) is 0 Å². The molecule has 0 bridgehead atoms. The van der Waals surface area contributed by atoms with E-state index in [1.54, 1.807) is 25.3 Å². The summed E-state index contributed by atoms with van der Waals surface area (Å²) in [6.45, 7) is 2.46. The molecular formula is C28H28ClFN2O3. The number of nitrogens with zero attached hydrogens (tertiary/aromatic N) is 1. The van der Waals surface area contributed by atoms with Gasteiger partial charge in [-0.3, -0.25) is 9.69 Å². The van der Waals surface area contributed by atoms with Gasteiger partial charge in [-0.1, -0.05) is 48.0 Å². The van der Waals surface area contributed by atoms with Crippen LogP contribution < -0.4 is 5.32 Å². The Hall–Kier alpha value is -2.93. The van der Waals surface area contributed by atoms with E-state index in [1.165, 1.54) is 17.7 Å². The molecular weight excluding hydrogens is 467 g/mol. The first kappa shape index (κ1) is 23.8. The van der Waals surface area contributed by atoms with Gasteiger partial charge in [0.25, 0.3) is 5.91 Å². The van der Waals surface area contributed by atoms with Crippen LogP contribution in [0.1, 0.15) is 45.9 Å². The molecule has 1 saturated heterocycles. The molecule has 2 atom stereocenters. The lowest BCUT2D eigenvalue weighted by Gasteiger charge is -2.44. The second kappa shape index (κ2) is 9.61. The number of piperidine rings is 1. The fraction of sp³-hybridized carbons (Fsp3) is 0.321. The normalized spacial score (nSPS) is 21.1. The zero-order valence-corrected chi connectivity index (χ0v) is 20.3. The third-order valence-corrected chi connectivity index (χ3v) is 7.78. The summed E-state index contributed by atoms with van der Waals surface area (Å²) in [7, 11) is 1.70. The molecule has 7 heteroatoms. The number of methoxy groups -OCH3 is 1. The molecule has 0 unspecified atom stereocenters. The first-order chi connectivity index (χ1) is 16.9. The predicted molar refractivity (Wildman–Crippen MR) is 133 cm³/mol. The number of carbonyl (C=O) groups is 1. The number of amides is 1. The summed E-state index contributed by atoms with van der Waals surface area (Å²) < 4.78 is 19.8. The van der Waals surface area contributed by atoms with Crippen LogP contribution in [0.4, 0.5) is 4.39 Å². The van der Waals surface area contributed by atoms with Crippen LogP contribution >= 0.6 is 11.6 Å². The Labute approximate surface area is 209 Å². The number of likely N-dealkylation sites (tertiary alicyclic amines) is 1. The molecule has 1 spiro atoms. The zero-order valence-electron chi connectivity index (χ0n) is 19.5. The summed E-state index contributed by atoms with van der Waals surface area (Å²) in [4.78, 5) is 15.4. The molecule has 5 rings (SSSR count). The maximum Gasteiger partial charge on any atom is 0.251 e. The van der Waals surface area contributed by atoms with Crippen LogP contribution in [0, 0.1) is 5.82 Å². The van der Waals surface area contributed by atoms with E-state index >= 15 is 0 Å². The molecule has 2 N–H and O–H groups in total. The molecule has 0 saturated carbocycles. The highest BCUT2D eigenvalue weighted by Gasteiger charge is 2.54. The van der Waals surface area contributed by atoms with E-state index < -0.39 is 5.82 Å². The summed E-state index contributed by atoms with van der Waals surface area (Å²) in [6, 6.07) is 19.0. The second-order valence-corrected chi connectivity index (χ2v) is 9.83. The summed E-state index contributed by atoms with van der Waals surface area (Å²) in [5.41, 5.74) is 3.39. The minimum atomic E-state index is -0.438. The Morgan fingerprint density at radius 2 is 1.91 bits per heavy atom. The van der Waals surface area contributed by atoms with E-state index in [0.29, 0.717) is 10.6 Å². The Balaban J connectivity index is 1.37. The quantitative estimate of drug-likeness (QED) is 0.510. The molecule has 1 aliphatic heterocycles. The zero-order chi connectivity index (χ0) is 24.6. The van der Waals surface area contributed by atoms with Gasteiger partial charge in [-0.05, 0) is 73.0 Å². The van der Waals surface area contributed by atoms with Gasteiger partial charge in [0.15, 0.2) is 0 Å². The van der Waals surface area contributed by atoms with Gasteiger partial charge < -0.3 is 15.2 Å². The van der Waals surface area contributed by atoms with E-state index in [-0.39, 0.29) is 29.2 Å². The van der Waals surface area contributed by atoms with Crippen molar-refractivity contribution in [3.8, 4) is 5.75 Å². The van der Waals surface area contributed by atoms with Gasteiger partial charge in [-0.15, -0.1) is 0 Å². The molecule has 35 heavy (non-hydrogen) atoms. The Bertz CT molecular complexity index is 1240. The summed E-state index contributed by atoms with van der Waals surface area (Å²) in [5.74, 6) is -0.665. The third-order valence-electron chi connectivity index (χ3n) is 7.47. The van der Waals surface area contributed by atoms with Gasteiger partial charge in [-0.25, -0.2) is 4.39 Å². The second-order valence-electron chi connectivity index (χ2n) is 9.42. The maximum absolute atomic E-state index is 13.7. The van der Waals surface area contributed by atoms with Crippen LogP contribution in [0.3, 0.4) is 0 Å². The molecule has 3 aromatic carbocycles. The van der Waals surface area contributed by atoms with Crippen molar-refractivity contribution in [1.82, 2.24) is 10.2 Å². The number of fused-ring (bicyclic) bond motifs is 2. The lowest BCUT2D eigenvalue weighted by Crippen LogP contribution is -2.50. The van der Waals surface area contributed by atoms with Crippen LogP contribution in [0.15, 0.2) is 66.7 Å². The van der Waals surface area contributed by atoms with Crippen molar-refractivity contribution in [2.24, 2.45) is 0 Å². The number of carbonyl (C=O) groups excluding carboxylic acids is 1. The number of phenolic OH excluding ortho intramolecular Hbond substituents is 1. The molecule has 2 aliphatic rings. The Kier molecular flexibility index (Phi) is 6.53. The molecule has 0 radical (unpaired) electrons. The standard InChI is InChI=1S/C28H28ClFN2O3/c1-35-26-25(31-27(34)19-5-4-6-20(30)16-19)21-7-2-3-8-22(21)28(26)11-13-32(14-12-28)17-18-9-10-24(33)23(29)15-18/h2-10,15-16,25-26,33H,11-14,17H2,1H3,(H,31,34)/t25-,26+/m0/s1. The minimum absolute atomic E-state index is 0.0878. The maximum atomic E-state index is 13.7. The summed E-state index contributed by atoms with van der Waals surface area (Å²) >= 11 is 6.09. The van der Waals surface area contributed by atoms with Crippen LogP contribution in [-0.4, -0.2) is 42.2 Å². The highest BCUT2D eigenvalue weighted by Crippen LogP contribution is 2.52. The van der Waals surface area contributed by atoms with Crippen LogP contribution in [0.25, 0.3) is 0 Å². The Morgan fingerprint density at radius 1 is 1.14 bits per heavy atom. The van der Waals surface area contributed by atoms with E-state index in [9.17, 15) is 14.3 Å². The van der Waals surface area contributed by atoms with E-state index in [1.807, 2.05) is 24.3 Å². The highest BCUT2D eigenvalue weighted by atomic mass is 35.5. The largest absolute Gasteiger partial charge is 0.506 e. The number of phenols is 1. The van der Waals surface area contributed by atoms with Crippen molar-refractivity contribution in [2.75, 3.05) is 20.2 Å². The highest BCUT2D eigenvalue weighted by molar-refractivity contribution is 6.32. The smallest absolute Gasteiger partial charge is 0.251 e. The van der Waals surface area contributed by atoms with Crippen LogP contribution in [-0.2, 0) is 16.7 Å². The molecule has 1 fully saturated rings. The number of benzene rings is 3. The Morgan fingerprint density at radius 3 is 2.63 bits per heavy atom. The monoisotopic (exact) mass is 494 g/mol. The molecule has 3 aromatic rings. The van der Waals surface area contributed by atoms with Crippen molar-refractivity contribution < 1.29 is 19.0 Å². The first-order valence-corrected chi connectivity index (χ1v) is 12.2. The number of rotatable bonds is 5. The number of aromatic hydroxyl groups is 1. The van der Waals surface area contributed by atoms with Gasteiger partial charge in [0.2, 0.25) is 0 Å². The number of hydrogen-bond donors (Lipinski definition) is 2. The molecule has 1 amide bonds. The van der Waals surface area contributed by atoms with Gasteiger partial charge in [-0.2, -0.15) is 0 Å². The van der Waals surface area contributed by atoms with Crippen molar-refractivity contribution in [3.63, 3.8) is 0 Å². The van der Waals surface area contributed by atoms with Gasteiger partial charge in [0.1, 0.15) is 11.6 Å². The number of halogens is 2. The topological polar surface area (TPSA) is 61.8 Å². The van der Waals surface area contributed by atoms with E-state index in [0.717, 1.165) is 43.6 Å². The van der Waals surface area contributed by atoms with Crippen molar-refractivity contribution >= 4 is 17.5 Å². The number of hydrogen-bond acceptors (Lipinski definition) is 4. The molecule has 1 heterocycles. The first-order valence-electron chi connectivity index (χ1n) is 11.8. The third kappa shape index (κ3) is 4.42. The average Bonchev–Trinajstić information content (AvgIpc) is 3.11. The van der Waals surface area contributed by atoms with Crippen LogP contribution in [0.2, 0.25) is 5.02 Å². The van der Waals surface area contributed by atoms with Crippen LogP contribution in [0.5, 0.6) is 5.75 Å². The van der Waals surface area contributed by atoms with Crippen molar-refractivity contribution in [3.05, 3.63) is 99.8 Å². The molecule has 182 valence electrons. The number of nitrogens with one attached hydrogen (secondary N) is 1.